The SMILES string of the molecule is Cc1ccc(COc2c(Br)cc(/C=C3/NC(=O)N(C)C3=O)cc2Br)cc1. The van der Waals surface area contributed by atoms with Crippen LogP contribution in [-0.4, -0.2) is 23.9 Å². The fourth-order valence-corrected chi connectivity index (χ4v) is 3.88. The summed E-state index contributed by atoms with van der Waals surface area (Å²) in [6.07, 6.45) is 1.63. The first-order valence-electron chi connectivity index (χ1n) is 7.83. The summed E-state index contributed by atoms with van der Waals surface area (Å²) in [5, 5.41) is 2.54. The predicted octanol–water partition coefficient (Wildman–Crippen LogP) is 4.62. The van der Waals surface area contributed by atoms with Gasteiger partial charge in [-0.1, -0.05) is 29.8 Å². The normalized spacial score (nSPS) is 15.5. The highest BCUT2D eigenvalue weighted by molar-refractivity contribution is 9.11. The lowest BCUT2D eigenvalue weighted by atomic mass is 10.1. The number of hydrogen-bond acceptors (Lipinski definition) is 3. The molecule has 1 saturated heterocycles. The summed E-state index contributed by atoms with van der Waals surface area (Å²) in [7, 11) is 1.44. The molecule has 1 fully saturated rings. The number of nitrogens with one attached hydrogen (secondary N) is 1. The van der Waals surface area contributed by atoms with Gasteiger partial charge in [0.15, 0.2) is 0 Å². The zero-order valence-electron chi connectivity index (χ0n) is 14.2. The predicted molar refractivity (Wildman–Crippen MR) is 107 cm³/mol. The van der Waals surface area contributed by atoms with Gasteiger partial charge in [-0.15, -0.1) is 0 Å². The van der Waals surface area contributed by atoms with E-state index in [1.165, 1.54) is 12.6 Å². The summed E-state index contributed by atoms with van der Waals surface area (Å²) >= 11 is 7.01. The third kappa shape index (κ3) is 3.99. The number of hydrogen-bond donors (Lipinski definition) is 1. The molecule has 26 heavy (non-hydrogen) atoms. The maximum absolute atomic E-state index is 12.0. The zero-order chi connectivity index (χ0) is 18.8. The van der Waals surface area contributed by atoms with Gasteiger partial charge in [-0.2, -0.15) is 0 Å². The molecule has 0 radical (unpaired) electrons. The van der Waals surface area contributed by atoms with Crippen molar-refractivity contribution < 1.29 is 14.3 Å². The molecule has 5 nitrogen and oxygen atoms in total. The standard InChI is InChI=1S/C19H16Br2N2O3/c1-11-3-5-12(6-4-11)10-26-17-14(20)7-13(8-15(17)21)9-16-18(24)23(2)19(25)22-16/h3-9H,10H2,1-2H3,(H,22,25)/b16-9+. The molecule has 0 bridgehead atoms. The molecule has 1 heterocycles. The van der Waals surface area contributed by atoms with Gasteiger partial charge in [-0.05, 0) is 68.1 Å². The highest BCUT2D eigenvalue weighted by Gasteiger charge is 2.30. The Bertz CT molecular complexity index is 884. The van der Waals surface area contributed by atoms with E-state index in [-0.39, 0.29) is 11.6 Å². The molecule has 0 unspecified atom stereocenters. The molecule has 134 valence electrons. The number of urea groups is 1. The van der Waals surface area contributed by atoms with Gasteiger partial charge >= 0.3 is 6.03 Å². The van der Waals surface area contributed by atoms with Gasteiger partial charge in [0.1, 0.15) is 18.1 Å². The van der Waals surface area contributed by atoms with Crippen LogP contribution in [0.5, 0.6) is 5.75 Å². The lowest BCUT2D eigenvalue weighted by molar-refractivity contribution is -0.121. The number of likely N-dealkylation sites (N-methyl/N-ethyl adjacent to an activating group) is 1. The van der Waals surface area contributed by atoms with Crippen LogP contribution in [0.2, 0.25) is 0 Å². The summed E-state index contributed by atoms with van der Waals surface area (Å²) in [4.78, 5) is 24.5. The van der Waals surface area contributed by atoms with Gasteiger partial charge in [0, 0.05) is 7.05 Å². The number of benzene rings is 2. The average molecular weight is 480 g/mol. The second-order valence-electron chi connectivity index (χ2n) is 5.94. The Balaban J connectivity index is 1.79. The first-order chi connectivity index (χ1) is 12.3. The number of carbonyl (C=O) groups is 2. The Morgan fingerprint density at radius 2 is 1.73 bits per heavy atom. The van der Waals surface area contributed by atoms with E-state index in [2.05, 4.69) is 37.2 Å². The Morgan fingerprint density at radius 1 is 1.12 bits per heavy atom. The third-order valence-corrected chi connectivity index (χ3v) is 5.09. The number of carbonyl (C=O) groups excluding carboxylic acids is 2. The Morgan fingerprint density at radius 3 is 2.27 bits per heavy atom. The van der Waals surface area contributed by atoms with E-state index in [0.29, 0.717) is 12.4 Å². The van der Waals surface area contributed by atoms with Gasteiger partial charge in [-0.25, -0.2) is 4.79 Å². The number of halogens is 2. The Kier molecular flexibility index (Phi) is 5.48. The Labute approximate surface area is 168 Å². The average Bonchev–Trinajstić information content (AvgIpc) is 2.83. The maximum atomic E-state index is 12.0. The van der Waals surface area contributed by atoms with Gasteiger partial charge in [0.2, 0.25) is 0 Å². The molecule has 3 amide bonds. The molecule has 7 heteroatoms. The molecule has 1 aliphatic rings. The molecule has 1 aliphatic heterocycles. The van der Waals surface area contributed by atoms with Crippen LogP contribution in [0.3, 0.4) is 0 Å². The number of amides is 3. The number of nitrogens with zero attached hydrogens (tertiary/aromatic N) is 1. The molecule has 2 aromatic carbocycles. The zero-order valence-corrected chi connectivity index (χ0v) is 17.3. The number of rotatable bonds is 4. The number of aryl methyl sites for hydroxylation is 1. The summed E-state index contributed by atoms with van der Waals surface area (Å²) in [5.74, 6) is 0.313. The van der Waals surface area contributed by atoms with Gasteiger partial charge in [-0.3, -0.25) is 9.69 Å². The first-order valence-corrected chi connectivity index (χ1v) is 9.42. The number of imide groups is 1. The molecule has 0 aliphatic carbocycles. The van der Waals surface area contributed by atoms with E-state index < -0.39 is 6.03 Å². The van der Waals surface area contributed by atoms with Gasteiger partial charge in [0.25, 0.3) is 5.91 Å². The van der Waals surface area contributed by atoms with Crippen LogP contribution >= 0.6 is 31.9 Å². The summed E-state index contributed by atoms with van der Waals surface area (Å²) in [6, 6.07) is 11.4. The molecule has 2 aromatic rings. The van der Waals surface area contributed by atoms with E-state index in [1.54, 1.807) is 6.08 Å². The minimum atomic E-state index is -0.433. The van der Waals surface area contributed by atoms with Crippen LogP contribution in [-0.2, 0) is 11.4 Å². The van der Waals surface area contributed by atoms with Crippen molar-refractivity contribution in [1.29, 1.82) is 0 Å². The minimum absolute atomic E-state index is 0.240. The van der Waals surface area contributed by atoms with E-state index >= 15 is 0 Å². The lowest BCUT2D eigenvalue weighted by Gasteiger charge is -2.12. The second kappa shape index (κ2) is 7.63. The Hall–Kier alpha value is -2.12. The van der Waals surface area contributed by atoms with Crippen molar-refractivity contribution in [3.8, 4) is 5.75 Å². The van der Waals surface area contributed by atoms with Gasteiger partial charge in [0.05, 0.1) is 8.95 Å². The molecule has 3 rings (SSSR count). The van der Waals surface area contributed by atoms with Crippen LogP contribution in [0, 0.1) is 6.92 Å². The van der Waals surface area contributed by atoms with Crippen molar-refractivity contribution in [2.45, 2.75) is 13.5 Å². The van der Waals surface area contributed by atoms with Crippen molar-refractivity contribution in [3.63, 3.8) is 0 Å². The fourth-order valence-electron chi connectivity index (χ4n) is 2.43. The monoisotopic (exact) mass is 478 g/mol. The molecule has 0 saturated carbocycles. The minimum Gasteiger partial charge on any atom is -0.487 e. The largest absolute Gasteiger partial charge is 0.487 e. The first kappa shape index (κ1) is 18.7. The van der Waals surface area contributed by atoms with Crippen LogP contribution in [0.1, 0.15) is 16.7 Å². The van der Waals surface area contributed by atoms with Crippen LogP contribution in [0.4, 0.5) is 4.79 Å². The highest BCUT2D eigenvalue weighted by atomic mass is 79.9. The van der Waals surface area contributed by atoms with Crippen molar-refractivity contribution in [2.75, 3.05) is 7.05 Å². The number of ether oxygens (including phenoxy) is 1. The lowest BCUT2D eigenvalue weighted by Crippen LogP contribution is -2.25. The molecule has 1 N–H and O–H groups in total. The van der Waals surface area contributed by atoms with E-state index in [9.17, 15) is 9.59 Å². The molecule has 0 aromatic heterocycles. The smallest absolute Gasteiger partial charge is 0.328 e. The van der Waals surface area contributed by atoms with Crippen LogP contribution in [0.25, 0.3) is 6.08 Å². The van der Waals surface area contributed by atoms with Crippen molar-refractivity contribution in [2.24, 2.45) is 0 Å². The van der Waals surface area contributed by atoms with E-state index in [1.807, 2.05) is 43.3 Å². The third-order valence-electron chi connectivity index (χ3n) is 3.92. The molecular formula is C19H16Br2N2O3. The van der Waals surface area contributed by atoms with Crippen molar-refractivity contribution in [3.05, 3.63) is 67.7 Å². The van der Waals surface area contributed by atoms with Crippen LogP contribution in [0.15, 0.2) is 51.0 Å². The summed E-state index contributed by atoms with van der Waals surface area (Å²) in [5.41, 5.74) is 3.27. The molecular weight excluding hydrogens is 464 g/mol. The maximum Gasteiger partial charge on any atom is 0.328 e. The fraction of sp³-hybridized carbons (Fsp3) is 0.158. The quantitative estimate of drug-likeness (QED) is 0.514. The van der Waals surface area contributed by atoms with Gasteiger partial charge < -0.3 is 10.1 Å². The second-order valence-corrected chi connectivity index (χ2v) is 7.65. The molecule has 0 atom stereocenters. The van der Waals surface area contributed by atoms with Crippen molar-refractivity contribution >= 4 is 49.9 Å². The van der Waals surface area contributed by atoms with Crippen LogP contribution < -0.4 is 10.1 Å². The van der Waals surface area contributed by atoms with Crippen molar-refractivity contribution in [1.82, 2.24) is 10.2 Å². The summed E-state index contributed by atoms with van der Waals surface area (Å²) in [6.45, 7) is 2.48. The highest BCUT2D eigenvalue weighted by Crippen LogP contribution is 2.36. The summed E-state index contributed by atoms with van der Waals surface area (Å²) < 4.78 is 7.41. The van der Waals surface area contributed by atoms with E-state index in [4.69, 9.17) is 4.74 Å². The van der Waals surface area contributed by atoms with E-state index in [0.717, 1.165) is 25.0 Å². The molecule has 0 spiro atoms. The topological polar surface area (TPSA) is 58.6 Å².